The van der Waals surface area contributed by atoms with E-state index in [-0.39, 0.29) is 43.1 Å². The van der Waals surface area contributed by atoms with Crippen LogP contribution in [-0.2, 0) is 27.1 Å². The molecule has 0 unspecified atom stereocenters. The van der Waals surface area contributed by atoms with Gasteiger partial charge >= 0.3 is 0 Å². The first-order valence-electron chi connectivity index (χ1n) is 11.2. The molecule has 2 N–H and O–H groups in total. The number of anilines is 1. The number of hydrogen-bond acceptors (Lipinski definition) is 5. The fourth-order valence-electron chi connectivity index (χ4n) is 3.98. The van der Waals surface area contributed by atoms with Crippen LogP contribution in [0, 0.1) is 11.7 Å². The number of benzene rings is 2. The second kappa shape index (κ2) is 10.8. The van der Waals surface area contributed by atoms with Gasteiger partial charge in [-0.25, -0.2) is 17.1 Å². The number of carbonyl (C=O) groups is 2. The highest BCUT2D eigenvalue weighted by Crippen LogP contribution is 2.24. The number of hydrogen-bond donors (Lipinski definition) is 2. The molecule has 2 heterocycles. The van der Waals surface area contributed by atoms with Crippen molar-refractivity contribution in [3.05, 3.63) is 89.6 Å². The molecular weight excluding hydrogens is 473 g/mol. The van der Waals surface area contributed by atoms with E-state index in [4.69, 9.17) is 4.42 Å². The number of nitrogens with zero attached hydrogens (tertiary/aromatic N) is 1. The van der Waals surface area contributed by atoms with Gasteiger partial charge in [0.1, 0.15) is 11.6 Å². The molecule has 1 aliphatic heterocycles. The zero-order chi connectivity index (χ0) is 24.8. The van der Waals surface area contributed by atoms with Crippen molar-refractivity contribution in [3.8, 4) is 0 Å². The molecule has 0 atom stereocenters. The summed E-state index contributed by atoms with van der Waals surface area (Å²) in [6.45, 7) is 0.652. The van der Waals surface area contributed by atoms with Crippen molar-refractivity contribution < 1.29 is 26.8 Å². The van der Waals surface area contributed by atoms with E-state index in [2.05, 4.69) is 10.6 Å². The molecule has 10 heteroatoms. The second-order valence-electron chi connectivity index (χ2n) is 8.35. The topological polar surface area (TPSA) is 109 Å². The molecule has 0 aliphatic carbocycles. The van der Waals surface area contributed by atoms with Crippen molar-refractivity contribution in [1.29, 1.82) is 0 Å². The monoisotopic (exact) mass is 499 g/mol. The maximum absolute atomic E-state index is 13.1. The predicted octanol–water partition coefficient (Wildman–Crippen LogP) is 3.53. The zero-order valence-corrected chi connectivity index (χ0v) is 19.8. The Bertz CT molecular complexity index is 1270. The smallest absolute Gasteiger partial charge is 0.253 e. The Morgan fingerprint density at radius 2 is 1.71 bits per heavy atom. The average molecular weight is 500 g/mol. The van der Waals surface area contributed by atoms with Crippen molar-refractivity contribution >= 4 is 27.5 Å². The first-order valence-corrected chi connectivity index (χ1v) is 12.9. The minimum atomic E-state index is -3.58. The van der Waals surface area contributed by atoms with Gasteiger partial charge in [0.2, 0.25) is 15.9 Å². The van der Waals surface area contributed by atoms with Crippen molar-refractivity contribution in [2.45, 2.75) is 25.1 Å². The number of rotatable bonds is 8. The van der Waals surface area contributed by atoms with Gasteiger partial charge in [-0.05, 0) is 54.8 Å². The van der Waals surface area contributed by atoms with E-state index in [1.54, 1.807) is 36.4 Å². The maximum atomic E-state index is 13.1. The van der Waals surface area contributed by atoms with Crippen molar-refractivity contribution in [2.24, 2.45) is 5.92 Å². The third kappa shape index (κ3) is 6.34. The molecule has 184 valence electrons. The molecule has 1 fully saturated rings. The SMILES string of the molecule is O=C(NCc1ccco1)c1ccccc1NC(=O)C1CCN(S(=O)(=O)Cc2ccc(F)cc2)CC1. The normalized spacial score (nSPS) is 15.0. The Labute approximate surface area is 203 Å². The van der Waals surface area contributed by atoms with E-state index in [9.17, 15) is 22.4 Å². The zero-order valence-electron chi connectivity index (χ0n) is 18.9. The summed E-state index contributed by atoms with van der Waals surface area (Å²) in [5.74, 6) is -1.02. The number of amides is 2. The van der Waals surface area contributed by atoms with Gasteiger partial charge < -0.3 is 15.1 Å². The largest absolute Gasteiger partial charge is 0.467 e. The third-order valence-corrected chi connectivity index (χ3v) is 7.76. The number of nitrogens with one attached hydrogen (secondary N) is 2. The Morgan fingerprint density at radius 3 is 2.40 bits per heavy atom. The number of furan rings is 1. The fraction of sp³-hybridized carbons (Fsp3) is 0.280. The van der Waals surface area contributed by atoms with Crippen LogP contribution in [0.5, 0.6) is 0 Å². The highest BCUT2D eigenvalue weighted by Gasteiger charge is 2.31. The van der Waals surface area contributed by atoms with Crippen LogP contribution >= 0.6 is 0 Å². The van der Waals surface area contributed by atoms with E-state index < -0.39 is 15.8 Å². The first kappa shape index (κ1) is 24.6. The van der Waals surface area contributed by atoms with Crippen LogP contribution in [-0.4, -0.2) is 37.6 Å². The van der Waals surface area contributed by atoms with Crippen LogP contribution in [0.4, 0.5) is 10.1 Å². The van der Waals surface area contributed by atoms with Crippen LogP contribution in [0.1, 0.15) is 34.5 Å². The molecule has 1 aromatic heterocycles. The van der Waals surface area contributed by atoms with Crippen LogP contribution in [0.3, 0.4) is 0 Å². The highest BCUT2D eigenvalue weighted by atomic mass is 32.2. The van der Waals surface area contributed by atoms with Crippen LogP contribution in [0.25, 0.3) is 0 Å². The van der Waals surface area contributed by atoms with Crippen molar-refractivity contribution in [1.82, 2.24) is 9.62 Å². The minimum absolute atomic E-state index is 0.215. The quantitative estimate of drug-likeness (QED) is 0.493. The number of piperidine rings is 1. The summed E-state index contributed by atoms with van der Waals surface area (Å²) in [5, 5.41) is 5.59. The summed E-state index contributed by atoms with van der Waals surface area (Å²) in [7, 11) is -3.58. The van der Waals surface area contributed by atoms with Crippen molar-refractivity contribution in [2.75, 3.05) is 18.4 Å². The van der Waals surface area contributed by atoms with Gasteiger partial charge in [0.15, 0.2) is 0 Å². The number of para-hydroxylation sites is 1. The summed E-state index contributed by atoms with van der Waals surface area (Å²) < 4.78 is 45.2. The average Bonchev–Trinajstić information content (AvgIpc) is 3.38. The summed E-state index contributed by atoms with van der Waals surface area (Å²) in [6.07, 6.45) is 2.25. The lowest BCUT2D eigenvalue weighted by Gasteiger charge is -2.30. The first-order chi connectivity index (χ1) is 16.8. The molecule has 2 amide bonds. The van der Waals surface area contributed by atoms with Gasteiger partial charge in [-0.2, -0.15) is 0 Å². The molecule has 0 bridgehead atoms. The third-order valence-electron chi connectivity index (χ3n) is 5.91. The molecule has 0 spiro atoms. The summed E-state index contributed by atoms with van der Waals surface area (Å²) in [5.41, 5.74) is 1.22. The predicted molar refractivity (Wildman–Crippen MR) is 128 cm³/mol. The van der Waals surface area contributed by atoms with Gasteiger partial charge in [-0.1, -0.05) is 24.3 Å². The Morgan fingerprint density at radius 1 is 1.00 bits per heavy atom. The van der Waals surface area contributed by atoms with Gasteiger partial charge in [0.05, 0.1) is 29.8 Å². The number of carbonyl (C=O) groups excluding carboxylic acids is 2. The molecular formula is C25H26FN3O5S. The molecule has 4 rings (SSSR count). The highest BCUT2D eigenvalue weighted by molar-refractivity contribution is 7.88. The van der Waals surface area contributed by atoms with Gasteiger partial charge in [-0.15, -0.1) is 0 Å². The molecule has 35 heavy (non-hydrogen) atoms. The van der Waals surface area contributed by atoms with E-state index in [0.717, 1.165) is 0 Å². The van der Waals surface area contributed by atoms with E-state index in [1.807, 2.05) is 0 Å². The molecule has 0 radical (unpaired) electrons. The lowest BCUT2D eigenvalue weighted by molar-refractivity contribution is -0.120. The molecule has 8 nitrogen and oxygen atoms in total. The number of sulfonamides is 1. The van der Waals surface area contributed by atoms with Crippen LogP contribution in [0.2, 0.25) is 0 Å². The van der Waals surface area contributed by atoms with Crippen molar-refractivity contribution in [3.63, 3.8) is 0 Å². The molecule has 3 aromatic rings. The van der Waals surface area contributed by atoms with Gasteiger partial charge in [0.25, 0.3) is 5.91 Å². The lowest BCUT2D eigenvalue weighted by Crippen LogP contribution is -2.42. The van der Waals surface area contributed by atoms with E-state index in [0.29, 0.717) is 35.4 Å². The Balaban J connectivity index is 1.33. The Kier molecular flexibility index (Phi) is 7.62. The fourth-order valence-corrected chi connectivity index (χ4v) is 5.54. The summed E-state index contributed by atoms with van der Waals surface area (Å²) in [4.78, 5) is 25.5. The number of halogens is 1. The maximum Gasteiger partial charge on any atom is 0.253 e. The van der Waals surface area contributed by atoms with Gasteiger partial charge in [-0.3, -0.25) is 9.59 Å². The molecule has 1 saturated heterocycles. The van der Waals surface area contributed by atoms with E-state index >= 15 is 0 Å². The van der Waals surface area contributed by atoms with Gasteiger partial charge in [0, 0.05) is 19.0 Å². The second-order valence-corrected chi connectivity index (χ2v) is 10.3. The summed E-state index contributed by atoms with van der Waals surface area (Å²) >= 11 is 0. The van der Waals surface area contributed by atoms with E-state index in [1.165, 1.54) is 34.8 Å². The van der Waals surface area contributed by atoms with Crippen LogP contribution < -0.4 is 10.6 Å². The Hall–Kier alpha value is -3.50. The lowest BCUT2D eigenvalue weighted by atomic mass is 9.97. The molecule has 1 aliphatic rings. The minimum Gasteiger partial charge on any atom is -0.467 e. The molecule has 0 saturated carbocycles. The summed E-state index contributed by atoms with van der Waals surface area (Å²) in [6, 6.07) is 15.6. The van der Waals surface area contributed by atoms with Crippen LogP contribution in [0.15, 0.2) is 71.3 Å². The standard InChI is InChI=1S/C25H26FN3O5S/c26-20-9-7-18(8-10-20)17-35(32,33)29-13-11-19(12-14-29)24(30)28-23-6-2-1-5-22(23)25(31)27-16-21-4-3-15-34-21/h1-10,15,19H,11-14,16-17H2,(H,27,31)(H,28,30). The molecule has 2 aromatic carbocycles.